The fourth-order valence-corrected chi connectivity index (χ4v) is 2.53. The number of hydrogen-bond acceptors (Lipinski definition) is 5. The quantitative estimate of drug-likeness (QED) is 0.603. The number of halogens is 2. The third kappa shape index (κ3) is 2.59. The fraction of sp³-hybridized carbons (Fsp3) is 0.0625. The first-order chi connectivity index (χ1) is 11.6. The molecule has 3 heterocycles. The molecule has 0 atom stereocenters. The van der Waals surface area contributed by atoms with Crippen molar-refractivity contribution in [2.45, 2.75) is 6.92 Å². The van der Waals surface area contributed by atoms with Gasteiger partial charge in [0.2, 0.25) is 5.82 Å². The first-order valence-electron chi connectivity index (χ1n) is 7.10. The van der Waals surface area contributed by atoms with E-state index in [0.29, 0.717) is 28.9 Å². The standard InChI is InChI=1S/C16H11ClFN5O/c1-9-7-14(20-12-5-4-10(18)8-11(12)17)23-16(19-9)21-15(22-23)13-3-2-6-24-13/h2-8,20H,1H3. The molecule has 1 N–H and O–H groups in total. The summed E-state index contributed by atoms with van der Waals surface area (Å²) in [6.07, 6.45) is 1.55. The molecule has 0 aliphatic rings. The van der Waals surface area contributed by atoms with Crippen LogP contribution in [0.25, 0.3) is 17.4 Å². The molecule has 6 nitrogen and oxygen atoms in total. The van der Waals surface area contributed by atoms with Gasteiger partial charge in [-0.05, 0) is 37.3 Å². The van der Waals surface area contributed by atoms with Gasteiger partial charge in [-0.1, -0.05) is 11.6 Å². The second kappa shape index (κ2) is 5.61. The predicted octanol–water partition coefficient (Wildman–Crippen LogP) is 4.23. The van der Waals surface area contributed by atoms with Crippen molar-refractivity contribution >= 4 is 28.9 Å². The highest BCUT2D eigenvalue weighted by Crippen LogP contribution is 2.27. The Morgan fingerprint density at radius 2 is 2.08 bits per heavy atom. The van der Waals surface area contributed by atoms with Gasteiger partial charge < -0.3 is 9.73 Å². The summed E-state index contributed by atoms with van der Waals surface area (Å²) in [6.45, 7) is 1.85. The number of rotatable bonds is 3. The Labute approximate surface area is 140 Å². The van der Waals surface area contributed by atoms with E-state index in [1.54, 1.807) is 35.0 Å². The van der Waals surface area contributed by atoms with Gasteiger partial charge in [-0.15, -0.1) is 5.10 Å². The van der Waals surface area contributed by atoms with E-state index in [1.807, 2.05) is 6.92 Å². The summed E-state index contributed by atoms with van der Waals surface area (Å²) in [5.41, 5.74) is 1.31. The molecule has 0 saturated carbocycles. The van der Waals surface area contributed by atoms with E-state index in [9.17, 15) is 4.39 Å². The number of hydrogen-bond donors (Lipinski definition) is 1. The Morgan fingerprint density at radius 3 is 2.83 bits per heavy atom. The Balaban J connectivity index is 1.82. The summed E-state index contributed by atoms with van der Waals surface area (Å²) in [4.78, 5) is 8.73. The summed E-state index contributed by atoms with van der Waals surface area (Å²) in [7, 11) is 0. The number of anilines is 2. The van der Waals surface area contributed by atoms with Gasteiger partial charge in [-0.25, -0.2) is 9.37 Å². The summed E-state index contributed by atoms with van der Waals surface area (Å²) in [6, 6.07) is 9.46. The second-order valence-corrected chi connectivity index (χ2v) is 5.56. The van der Waals surface area contributed by atoms with Crippen molar-refractivity contribution < 1.29 is 8.81 Å². The minimum absolute atomic E-state index is 0.268. The second-order valence-electron chi connectivity index (χ2n) is 5.16. The molecular weight excluding hydrogens is 333 g/mol. The number of nitrogens with zero attached hydrogens (tertiary/aromatic N) is 4. The number of aromatic nitrogens is 4. The molecule has 0 fully saturated rings. The highest BCUT2D eigenvalue weighted by Gasteiger charge is 2.14. The summed E-state index contributed by atoms with van der Waals surface area (Å²) >= 11 is 6.08. The normalized spacial score (nSPS) is 11.1. The smallest absolute Gasteiger partial charge is 0.255 e. The third-order valence-corrected chi connectivity index (χ3v) is 3.69. The zero-order valence-electron chi connectivity index (χ0n) is 12.5. The monoisotopic (exact) mass is 343 g/mol. The van der Waals surface area contributed by atoms with E-state index < -0.39 is 5.82 Å². The first-order valence-corrected chi connectivity index (χ1v) is 7.48. The van der Waals surface area contributed by atoms with E-state index >= 15 is 0 Å². The highest BCUT2D eigenvalue weighted by atomic mass is 35.5. The molecule has 24 heavy (non-hydrogen) atoms. The lowest BCUT2D eigenvalue weighted by Crippen LogP contribution is -2.03. The highest BCUT2D eigenvalue weighted by molar-refractivity contribution is 6.33. The van der Waals surface area contributed by atoms with Crippen molar-refractivity contribution in [1.82, 2.24) is 19.6 Å². The van der Waals surface area contributed by atoms with Crippen LogP contribution in [0, 0.1) is 12.7 Å². The van der Waals surface area contributed by atoms with Gasteiger partial charge in [0.05, 0.1) is 17.0 Å². The van der Waals surface area contributed by atoms with Crippen molar-refractivity contribution in [3.8, 4) is 11.6 Å². The lowest BCUT2D eigenvalue weighted by molar-refractivity contribution is 0.577. The SMILES string of the molecule is Cc1cc(Nc2ccc(F)cc2Cl)n2nc(-c3ccco3)nc2n1. The van der Waals surface area contributed by atoms with Crippen molar-refractivity contribution in [2.24, 2.45) is 0 Å². The van der Waals surface area contributed by atoms with Gasteiger partial charge in [0, 0.05) is 11.8 Å². The summed E-state index contributed by atoms with van der Waals surface area (Å²) in [5, 5.41) is 7.81. The Kier molecular flexibility index (Phi) is 3.42. The van der Waals surface area contributed by atoms with Crippen LogP contribution in [0.15, 0.2) is 47.1 Å². The Morgan fingerprint density at radius 1 is 1.21 bits per heavy atom. The molecule has 1 aromatic carbocycles. The van der Waals surface area contributed by atoms with Crippen LogP contribution >= 0.6 is 11.6 Å². The van der Waals surface area contributed by atoms with Crippen LogP contribution in [-0.4, -0.2) is 19.6 Å². The zero-order valence-corrected chi connectivity index (χ0v) is 13.3. The Bertz CT molecular complexity index is 1030. The number of furan rings is 1. The molecule has 4 aromatic rings. The van der Waals surface area contributed by atoms with Gasteiger partial charge in [0.15, 0.2) is 5.76 Å². The molecule has 0 saturated heterocycles. The maximum Gasteiger partial charge on any atom is 0.255 e. The van der Waals surface area contributed by atoms with E-state index in [0.717, 1.165) is 5.69 Å². The molecule has 120 valence electrons. The molecular formula is C16H11ClFN5O. The average molecular weight is 344 g/mol. The molecule has 3 aromatic heterocycles. The molecule has 0 amide bonds. The number of fused-ring (bicyclic) bond motifs is 1. The van der Waals surface area contributed by atoms with Crippen molar-refractivity contribution in [2.75, 3.05) is 5.32 Å². The molecule has 0 spiro atoms. The summed E-state index contributed by atoms with van der Waals surface area (Å²) < 4.78 is 20.1. The van der Waals surface area contributed by atoms with Crippen LogP contribution in [0.2, 0.25) is 5.02 Å². The van der Waals surface area contributed by atoms with Crippen LogP contribution in [0.5, 0.6) is 0 Å². The lowest BCUT2D eigenvalue weighted by Gasteiger charge is -2.10. The maximum absolute atomic E-state index is 13.2. The third-order valence-electron chi connectivity index (χ3n) is 3.38. The lowest BCUT2D eigenvalue weighted by atomic mass is 10.3. The van der Waals surface area contributed by atoms with Crippen molar-refractivity contribution in [3.05, 3.63) is 59.2 Å². The number of aryl methyl sites for hydroxylation is 1. The topological polar surface area (TPSA) is 68.2 Å². The van der Waals surface area contributed by atoms with Gasteiger partial charge in [0.25, 0.3) is 5.78 Å². The van der Waals surface area contributed by atoms with Gasteiger partial charge in [-0.3, -0.25) is 0 Å². The predicted molar refractivity (Wildman–Crippen MR) is 87.9 cm³/mol. The molecule has 0 bridgehead atoms. The minimum atomic E-state index is -0.400. The van der Waals surface area contributed by atoms with Crippen molar-refractivity contribution in [3.63, 3.8) is 0 Å². The van der Waals surface area contributed by atoms with Crippen LogP contribution < -0.4 is 5.32 Å². The molecule has 0 aliphatic carbocycles. The van der Waals surface area contributed by atoms with Gasteiger partial charge >= 0.3 is 0 Å². The molecule has 8 heteroatoms. The molecule has 4 rings (SSSR count). The number of nitrogens with one attached hydrogen (secondary N) is 1. The fourth-order valence-electron chi connectivity index (χ4n) is 2.31. The van der Waals surface area contributed by atoms with Crippen LogP contribution in [0.4, 0.5) is 15.9 Å². The van der Waals surface area contributed by atoms with Crippen LogP contribution in [-0.2, 0) is 0 Å². The van der Waals surface area contributed by atoms with E-state index in [-0.39, 0.29) is 5.02 Å². The zero-order chi connectivity index (χ0) is 16.7. The van der Waals surface area contributed by atoms with E-state index in [2.05, 4.69) is 20.4 Å². The Hall–Kier alpha value is -2.93. The maximum atomic E-state index is 13.2. The van der Waals surface area contributed by atoms with Crippen LogP contribution in [0.1, 0.15) is 5.69 Å². The number of benzene rings is 1. The molecule has 0 aliphatic heterocycles. The van der Waals surface area contributed by atoms with E-state index in [4.69, 9.17) is 16.0 Å². The molecule has 0 unspecified atom stereocenters. The van der Waals surface area contributed by atoms with Gasteiger partial charge in [0.1, 0.15) is 11.6 Å². The van der Waals surface area contributed by atoms with Crippen molar-refractivity contribution in [1.29, 1.82) is 0 Å². The van der Waals surface area contributed by atoms with Gasteiger partial charge in [-0.2, -0.15) is 9.50 Å². The first kappa shape index (κ1) is 14.6. The average Bonchev–Trinajstić information content (AvgIpc) is 3.18. The summed E-state index contributed by atoms with van der Waals surface area (Å²) in [5.74, 6) is 1.59. The van der Waals surface area contributed by atoms with Crippen LogP contribution in [0.3, 0.4) is 0 Å². The molecule has 0 radical (unpaired) electrons. The largest absolute Gasteiger partial charge is 0.461 e. The van der Waals surface area contributed by atoms with E-state index in [1.165, 1.54) is 12.1 Å². The minimum Gasteiger partial charge on any atom is -0.461 e.